The Morgan fingerprint density at radius 1 is 1.06 bits per heavy atom. The van der Waals surface area contributed by atoms with Crippen LogP contribution >= 0.6 is 0 Å². The van der Waals surface area contributed by atoms with Gasteiger partial charge in [0.15, 0.2) is 0 Å². The van der Waals surface area contributed by atoms with Crippen molar-refractivity contribution in [1.29, 1.82) is 0 Å². The Bertz CT molecular complexity index is 1170. The van der Waals surface area contributed by atoms with Crippen LogP contribution in [0.15, 0.2) is 71.7 Å². The number of aromatic nitrogens is 1. The number of carbonyl (C=O) groups excluding carboxylic acids is 2. The SMILES string of the molecule is Cc1ccn(CCc2ccccc2)c(=O)c1C(=O)Nc1cccc(N2CCNC2=O)c1. The van der Waals surface area contributed by atoms with E-state index < -0.39 is 5.91 Å². The maximum Gasteiger partial charge on any atom is 0.321 e. The molecule has 1 aliphatic heterocycles. The van der Waals surface area contributed by atoms with Gasteiger partial charge in [-0.1, -0.05) is 36.4 Å². The summed E-state index contributed by atoms with van der Waals surface area (Å²) in [5.41, 5.74) is 2.78. The molecule has 0 radical (unpaired) electrons. The zero-order valence-electron chi connectivity index (χ0n) is 17.3. The van der Waals surface area contributed by atoms with Gasteiger partial charge in [-0.2, -0.15) is 0 Å². The number of anilines is 2. The van der Waals surface area contributed by atoms with Gasteiger partial charge in [0.1, 0.15) is 5.56 Å². The fourth-order valence-corrected chi connectivity index (χ4v) is 3.67. The second-order valence-corrected chi connectivity index (χ2v) is 7.50. The second kappa shape index (κ2) is 8.87. The minimum absolute atomic E-state index is 0.125. The van der Waals surface area contributed by atoms with E-state index in [0.29, 0.717) is 43.0 Å². The number of hydrogen-bond donors (Lipinski definition) is 2. The molecule has 0 unspecified atom stereocenters. The highest BCUT2D eigenvalue weighted by Crippen LogP contribution is 2.21. The average Bonchev–Trinajstić information content (AvgIpc) is 3.20. The summed E-state index contributed by atoms with van der Waals surface area (Å²) in [4.78, 5) is 39.5. The van der Waals surface area contributed by atoms with E-state index in [2.05, 4.69) is 10.6 Å². The molecule has 0 atom stereocenters. The highest BCUT2D eigenvalue weighted by Gasteiger charge is 2.22. The largest absolute Gasteiger partial charge is 0.336 e. The van der Waals surface area contributed by atoms with E-state index in [1.54, 1.807) is 46.9 Å². The highest BCUT2D eigenvalue weighted by atomic mass is 16.2. The molecular formula is C24H24N4O3. The monoisotopic (exact) mass is 416 g/mol. The number of aryl methyl sites for hydroxylation is 3. The molecule has 2 aromatic carbocycles. The Labute approximate surface area is 180 Å². The van der Waals surface area contributed by atoms with Crippen molar-refractivity contribution in [3.8, 4) is 0 Å². The zero-order valence-corrected chi connectivity index (χ0v) is 17.3. The molecular weight excluding hydrogens is 392 g/mol. The van der Waals surface area contributed by atoms with Gasteiger partial charge < -0.3 is 15.2 Å². The topological polar surface area (TPSA) is 83.4 Å². The zero-order chi connectivity index (χ0) is 21.8. The Morgan fingerprint density at radius 2 is 1.87 bits per heavy atom. The predicted molar refractivity (Wildman–Crippen MR) is 121 cm³/mol. The number of hydrogen-bond acceptors (Lipinski definition) is 3. The van der Waals surface area contributed by atoms with E-state index in [4.69, 9.17) is 0 Å². The summed E-state index contributed by atoms with van der Waals surface area (Å²) in [5, 5.41) is 5.56. The number of carbonyl (C=O) groups is 2. The quantitative estimate of drug-likeness (QED) is 0.647. The number of benzene rings is 2. The van der Waals surface area contributed by atoms with Crippen LogP contribution in [-0.2, 0) is 13.0 Å². The molecule has 0 aliphatic carbocycles. The number of pyridine rings is 1. The third-order valence-corrected chi connectivity index (χ3v) is 5.36. The van der Waals surface area contributed by atoms with Crippen molar-refractivity contribution in [3.63, 3.8) is 0 Å². The van der Waals surface area contributed by atoms with E-state index in [1.165, 1.54) is 0 Å². The first kappa shape index (κ1) is 20.4. The van der Waals surface area contributed by atoms with Gasteiger partial charge in [-0.25, -0.2) is 4.79 Å². The van der Waals surface area contributed by atoms with E-state index in [0.717, 1.165) is 5.56 Å². The van der Waals surface area contributed by atoms with Crippen LogP contribution in [0.3, 0.4) is 0 Å². The molecule has 1 aliphatic rings. The van der Waals surface area contributed by atoms with Crippen molar-refractivity contribution >= 4 is 23.3 Å². The standard InChI is InChI=1S/C24H24N4O3/c1-17-10-13-27(14-11-18-6-3-2-4-7-18)23(30)21(17)22(29)26-19-8-5-9-20(16-19)28-15-12-25-24(28)31/h2-10,13,16H,11-12,14-15H2,1H3,(H,25,31)(H,26,29). The summed E-state index contributed by atoms with van der Waals surface area (Å²) in [5.74, 6) is -0.459. The minimum Gasteiger partial charge on any atom is -0.336 e. The Kier molecular flexibility index (Phi) is 5.84. The van der Waals surface area contributed by atoms with E-state index in [9.17, 15) is 14.4 Å². The van der Waals surface area contributed by atoms with Crippen LogP contribution in [0.1, 0.15) is 21.5 Å². The molecule has 4 rings (SSSR count). The molecule has 7 heteroatoms. The molecule has 0 bridgehead atoms. The number of amides is 3. The van der Waals surface area contributed by atoms with Crippen molar-refractivity contribution < 1.29 is 9.59 Å². The molecule has 7 nitrogen and oxygen atoms in total. The second-order valence-electron chi connectivity index (χ2n) is 7.50. The van der Waals surface area contributed by atoms with Crippen molar-refractivity contribution in [1.82, 2.24) is 9.88 Å². The molecule has 31 heavy (non-hydrogen) atoms. The van der Waals surface area contributed by atoms with Gasteiger partial charge in [0.05, 0.1) is 0 Å². The number of nitrogens with zero attached hydrogens (tertiary/aromatic N) is 2. The number of urea groups is 1. The first-order valence-corrected chi connectivity index (χ1v) is 10.2. The minimum atomic E-state index is -0.459. The first-order valence-electron chi connectivity index (χ1n) is 10.2. The van der Waals surface area contributed by atoms with Crippen LogP contribution in [0.4, 0.5) is 16.2 Å². The van der Waals surface area contributed by atoms with Crippen molar-refractivity contribution in [2.45, 2.75) is 19.9 Å². The lowest BCUT2D eigenvalue weighted by Crippen LogP contribution is -2.31. The lowest BCUT2D eigenvalue weighted by Gasteiger charge is -2.16. The fraction of sp³-hybridized carbons (Fsp3) is 0.208. The Morgan fingerprint density at radius 3 is 2.61 bits per heavy atom. The maximum absolute atomic E-state index is 13.0. The van der Waals surface area contributed by atoms with E-state index in [-0.39, 0.29) is 17.2 Å². The van der Waals surface area contributed by atoms with E-state index >= 15 is 0 Å². The molecule has 3 aromatic rings. The van der Waals surface area contributed by atoms with E-state index in [1.807, 2.05) is 36.4 Å². The summed E-state index contributed by atoms with van der Waals surface area (Å²) in [6.07, 6.45) is 2.43. The summed E-state index contributed by atoms with van der Waals surface area (Å²) < 4.78 is 1.57. The number of nitrogens with one attached hydrogen (secondary N) is 2. The van der Waals surface area contributed by atoms with Crippen LogP contribution in [0.5, 0.6) is 0 Å². The maximum atomic E-state index is 13.0. The molecule has 2 N–H and O–H groups in total. The molecule has 3 amide bonds. The van der Waals surface area contributed by atoms with Gasteiger partial charge >= 0.3 is 6.03 Å². The van der Waals surface area contributed by atoms with Crippen LogP contribution in [0.2, 0.25) is 0 Å². The lowest BCUT2D eigenvalue weighted by molar-refractivity contribution is 0.102. The van der Waals surface area contributed by atoms with Gasteiger partial charge in [0.25, 0.3) is 11.5 Å². The first-order chi connectivity index (χ1) is 15.0. The summed E-state index contributed by atoms with van der Waals surface area (Å²) in [7, 11) is 0. The van der Waals surface area contributed by atoms with Crippen molar-refractivity contribution in [3.05, 3.63) is 93.9 Å². The summed E-state index contributed by atoms with van der Waals surface area (Å²) in [6, 6.07) is 18.6. The third-order valence-electron chi connectivity index (χ3n) is 5.36. The third kappa shape index (κ3) is 4.50. The summed E-state index contributed by atoms with van der Waals surface area (Å²) in [6.45, 7) is 3.40. The molecule has 158 valence electrons. The number of rotatable bonds is 6. The predicted octanol–water partition coefficient (Wildman–Crippen LogP) is 3.18. The van der Waals surface area contributed by atoms with Gasteiger partial charge in [-0.3, -0.25) is 14.5 Å². The normalized spacial score (nSPS) is 13.2. The smallest absolute Gasteiger partial charge is 0.321 e. The molecule has 2 heterocycles. The Balaban J connectivity index is 1.53. The van der Waals surface area contributed by atoms with Gasteiger partial charge in [-0.15, -0.1) is 0 Å². The van der Waals surface area contributed by atoms with Crippen LogP contribution in [-0.4, -0.2) is 29.6 Å². The van der Waals surface area contributed by atoms with Gasteiger partial charge in [-0.05, 0) is 48.7 Å². The molecule has 1 saturated heterocycles. The van der Waals surface area contributed by atoms with Crippen molar-refractivity contribution in [2.75, 3.05) is 23.3 Å². The highest BCUT2D eigenvalue weighted by molar-refractivity contribution is 6.05. The fourth-order valence-electron chi connectivity index (χ4n) is 3.67. The van der Waals surface area contributed by atoms with Gasteiger partial charge in [0, 0.05) is 37.2 Å². The summed E-state index contributed by atoms with van der Waals surface area (Å²) >= 11 is 0. The van der Waals surface area contributed by atoms with Crippen molar-refractivity contribution in [2.24, 2.45) is 0 Å². The molecule has 1 aromatic heterocycles. The van der Waals surface area contributed by atoms with Gasteiger partial charge in [0.2, 0.25) is 0 Å². The molecule has 0 spiro atoms. The van der Waals surface area contributed by atoms with Crippen LogP contribution < -0.4 is 21.1 Å². The Hall–Kier alpha value is -3.87. The molecule has 0 saturated carbocycles. The van der Waals surface area contributed by atoms with Crippen LogP contribution in [0, 0.1) is 6.92 Å². The lowest BCUT2D eigenvalue weighted by atomic mass is 10.1. The molecule has 1 fully saturated rings. The van der Waals surface area contributed by atoms with Crippen LogP contribution in [0.25, 0.3) is 0 Å². The average molecular weight is 416 g/mol.